The molecule has 1 saturated heterocycles. The number of benzene rings is 2. The number of carbonyl (C=O) groups is 2. The number of hydrazone groups is 1. The highest BCUT2D eigenvalue weighted by Crippen LogP contribution is 2.17. The standard InChI is InChI=1S/C23H27FN4O6S/c1-35(31,32)28(19-8-6-18(24)7-9-19)15-22(29)27-26-13-17-4-10-20(11-5-17)34-16-23(30)25-14-21-3-2-12-33-21/h4-11,13,21H,2-3,12,14-16H2,1H3,(H,25,30)(H,27,29)/b26-13-/t21-/m0/s1. The molecule has 0 aliphatic carbocycles. The lowest BCUT2D eigenvalue weighted by Gasteiger charge is -2.21. The van der Waals surface area contributed by atoms with Crippen molar-refractivity contribution in [3.8, 4) is 5.75 Å². The van der Waals surface area contributed by atoms with E-state index < -0.39 is 28.3 Å². The molecule has 10 nitrogen and oxygen atoms in total. The van der Waals surface area contributed by atoms with Crippen molar-refractivity contribution in [2.45, 2.75) is 18.9 Å². The third kappa shape index (κ3) is 8.65. The van der Waals surface area contributed by atoms with Crippen LogP contribution in [0.2, 0.25) is 0 Å². The summed E-state index contributed by atoms with van der Waals surface area (Å²) in [5, 5.41) is 6.60. The summed E-state index contributed by atoms with van der Waals surface area (Å²) in [6.07, 6.45) is 4.33. The molecule has 0 aromatic heterocycles. The minimum atomic E-state index is -3.78. The number of hydrogen-bond donors (Lipinski definition) is 2. The van der Waals surface area contributed by atoms with E-state index in [4.69, 9.17) is 9.47 Å². The van der Waals surface area contributed by atoms with E-state index in [1.165, 1.54) is 18.3 Å². The summed E-state index contributed by atoms with van der Waals surface area (Å²) in [5.74, 6) is -0.950. The molecular formula is C23H27FN4O6S. The van der Waals surface area contributed by atoms with Crippen molar-refractivity contribution < 1.29 is 31.9 Å². The molecule has 2 aromatic rings. The predicted octanol–water partition coefficient (Wildman–Crippen LogP) is 1.42. The largest absolute Gasteiger partial charge is 0.484 e. The van der Waals surface area contributed by atoms with E-state index >= 15 is 0 Å². The number of halogens is 1. The van der Waals surface area contributed by atoms with Gasteiger partial charge in [0.2, 0.25) is 10.0 Å². The van der Waals surface area contributed by atoms with Crippen LogP contribution in [0.4, 0.5) is 10.1 Å². The Labute approximate surface area is 203 Å². The smallest absolute Gasteiger partial charge is 0.260 e. The molecule has 1 aliphatic rings. The van der Waals surface area contributed by atoms with Crippen LogP contribution in [0.1, 0.15) is 18.4 Å². The van der Waals surface area contributed by atoms with Crippen molar-refractivity contribution >= 4 is 33.7 Å². The fourth-order valence-corrected chi connectivity index (χ4v) is 4.09. The SMILES string of the molecule is CS(=O)(=O)N(CC(=O)N/N=C\c1ccc(OCC(=O)NC[C@@H]2CCCO2)cc1)c1ccc(F)cc1. The summed E-state index contributed by atoms with van der Waals surface area (Å²) >= 11 is 0. The first kappa shape index (κ1) is 26.1. The molecular weight excluding hydrogens is 479 g/mol. The van der Waals surface area contributed by atoms with Crippen LogP contribution in [0.5, 0.6) is 5.75 Å². The third-order valence-corrected chi connectivity index (χ3v) is 6.15. The molecule has 1 atom stereocenters. The molecule has 1 fully saturated rings. The summed E-state index contributed by atoms with van der Waals surface area (Å²) in [5.41, 5.74) is 3.06. The second-order valence-electron chi connectivity index (χ2n) is 7.84. The van der Waals surface area contributed by atoms with E-state index in [0.717, 1.165) is 42.1 Å². The van der Waals surface area contributed by atoms with Crippen LogP contribution < -0.4 is 19.8 Å². The van der Waals surface area contributed by atoms with Gasteiger partial charge in [0.1, 0.15) is 18.1 Å². The van der Waals surface area contributed by atoms with Crippen LogP contribution in [0.15, 0.2) is 53.6 Å². The number of anilines is 1. The van der Waals surface area contributed by atoms with Gasteiger partial charge in [-0.25, -0.2) is 18.2 Å². The van der Waals surface area contributed by atoms with Gasteiger partial charge in [0, 0.05) is 13.2 Å². The molecule has 0 spiro atoms. The minimum Gasteiger partial charge on any atom is -0.484 e. The van der Waals surface area contributed by atoms with Crippen LogP contribution in [0.25, 0.3) is 0 Å². The summed E-state index contributed by atoms with van der Waals surface area (Å²) in [6, 6.07) is 11.4. The zero-order chi connectivity index (χ0) is 25.3. The van der Waals surface area contributed by atoms with Gasteiger partial charge in [0.05, 0.1) is 24.3 Å². The van der Waals surface area contributed by atoms with E-state index in [-0.39, 0.29) is 24.3 Å². The molecule has 188 valence electrons. The average molecular weight is 507 g/mol. The fourth-order valence-electron chi connectivity index (χ4n) is 3.23. The van der Waals surface area contributed by atoms with Crippen LogP contribution >= 0.6 is 0 Å². The van der Waals surface area contributed by atoms with Gasteiger partial charge in [-0.3, -0.25) is 13.9 Å². The second-order valence-corrected chi connectivity index (χ2v) is 9.74. The fraction of sp³-hybridized carbons (Fsp3) is 0.348. The molecule has 3 rings (SSSR count). The highest BCUT2D eigenvalue weighted by molar-refractivity contribution is 7.92. The minimum absolute atomic E-state index is 0.0652. The maximum Gasteiger partial charge on any atom is 0.260 e. The lowest BCUT2D eigenvalue weighted by atomic mass is 10.2. The molecule has 0 unspecified atom stereocenters. The second kappa shape index (κ2) is 12.3. The quantitative estimate of drug-likeness (QED) is 0.351. The van der Waals surface area contributed by atoms with Crippen molar-refractivity contribution in [2.75, 3.05) is 36.9 Å². The van der Waals surface area contributed by atoms with Gasteiger partial charge in [-0.2, -0.15) is 5.10 Å². The summed E-state index contributed by atoms with van der Waals surface area (Å²) < 4.78 is 49.0. The molecule has 35 heavy (non-hydrogen) atoms. The van der Waals surface area contributed by atoms with Crippen molar-refractivity contribution in [1.82, 2.24) is 10.7 Å². The Kier molecular flexibility index (Phi) is 9.15. The van der Waals surface area contributed by atoms with Gasteiger partial charge >= 0.3 is 0 Å². The lowest BCUT2D eigenvalue weighted by molar-refractivity contribution is -0.123. The molecule has 0 bridgehead atoms. The molecule has 2 N–H and O–H groups in total. The first-order chi connectivity index (χ1) is 16.7. The molecule has 2 amide bonds. The summed E-state index contributed by atoms with van der Waals surface area (Å²) in [7, 11) is -3.78. The van der Waals surface area contributed by atoms with Crippen LogP contribution in [-0.2, 0) is 24.3 Å². The van der Waals surface area contributed by atoms with Crippen LogP contribution in [0.3, 0.4) is 0 Å². The number of nitrogens with zero attached hydrogens (tertiary/aromatic N) is 2. The lowest BCUT2D eigenvalue weighted by Crippen LogP contribution is -2.39. The van der Waals surface area contributed by atoms with E-state index in [0.29, 0.717) is 17.9 Å². The van der Waals surface area contributed by atoms with Gasteiger partial charge in [-0.05, 0) is 66.9 Å². The van der Waals surface area contributed by atoms with Gasteiger partial charge in [0.25, 0.3) is 11.8 Å². The Balaban J connectivity index is 1.44. The predicted molar refractivity (Wildman–Crippen MR) is 128 cm³/mol. The number of amides is 2. The maximum atomic E-state index is 13.1. The third-order valence-electron chi connectivity index (χ3n) is 5.01. The molecule has 0 saturated carbocycles. The zero-order valence-corrected chi connectivity index (χ0v) is 20.0. The van der Waals surface area contributed by atoms with Crippen LogP contribution in [0, 0.1) is 5.82 Å². The van der Waals surface area contributed by atoms with Gasteiger partial charge in [0.15, 0.2) is 6.61 Å². The van der Waals surface area contributed by atoms with E-state index in [1.807, 2.05) is 0 Å². The van der Waals surface area contributed by atoms with Crippen LogP contribution in [-0.4, -0.2) is 65.1 Å². The number of sulfonamides is 1. The highest BCUT2D eigenvalue weighted by atomic mass is 32.2. The Bertz CT molecular complexity index is 1130. The van der Waals surface area contributed by atoms with Crippen molar-refractivity contribution in [1.29, 1.82) is 0 Å². The molecule has 0 radical (unpaired) electrons. The first-order valence-electron chi connectivity index (χ1n) is 10.9. The van der Waals surface area contributed by atoms with E-state index in [2.05, 4.69) is 15.8 Å². The van der Waals surface area contributed by atoms with Gasteiger partial charge in [-0.1, -0.05) is 0 Å². The number of hydrogen-bond acceptors (Lipinski definition) is 7. The number of ether oxygens (including phenoxy) is 2. The number of carbonyl (C=O) groups excluding carboxylic acids is 2. The molecule has 1 heterocycles. The first-order valence-corrected chi connectivity index (χ1v) is 12.7. The van der Waals surface area contributed by atoms with Crippen molar-refractivity contribution in [2.24, 2.45) is 5.10 Å². The van der Waals surface area contributed by atoms with Gasteiger partial charge < -0.3 is 14.8 Å². The van der Waals surface area contributed by atoms with Crippen molar-refractivity contribution in [3.63, 3.8) is 0 Å². The summed E-state index contributed by atoms with van der Waals surface area (Å²) in [4.78, 5) is 24.1. The zero-order valence-electron chi connectivity index (χ0n) is 19.1. The molecule has 12 heteroatoms. The Morgan fingerprint density at radius 1 is 1.17 bits per heavy atom. The Hall–Kier alpha value is -3.51. The Morgan fingerprint density at radius 2 is 1.89 bits per heavy atom. The molecule has 1 aliphatic heterocycles. The monoisotopic (exact) mass is 506 g/mol. The van der Waals surface area contributed by atoms with E-state index in [9.17, 15) is 22.4 Å². The number of rotatable bonds is 11. The number of nitrogens with one attached hydrogen (secondary N) is 2. The summed E-state index contributed by atoms with van der Waals surface area (Å²) in [6.45, 7) is 0.547. The maximum absolute atomic E-state index is 13.1. The van der Waals surface area contributed by atoms with Crippen molar-refractivity contribution in [3.05, 3.63) is 59.9 Å². The Morgan fingerprint density at radius 3 is 2.51 bits per heavy atom. The van der Waals surface area contributed by atoms with E-state index in [1.54, 1.807) is 24.3 Å². The topological polar surface area (TPSA) is 126 Å². The normalized spacial score (nSPS) is 15.7. The van der Waals surface area contributed by atoms with Gasteiger partial charge in [-0.15, -0.1) is 0 Å². The molecule has 2 aromatic carbocycles. The average Bonchev–Trinajstić information content (AvgIpc) is 3.34. The highest BCUT2D eigenvalue weighted by Gasteiger charge is 2.20.